The van der Waals surface area contributed by atoms with Crippen molar-refractivity contribution in [2.45, 2.75) is 12.5 Å². The van der Waals surface area contributed by atoms with Crippen LogP contribution in [0.1, 0.15) is 22.8 Å². The van der Waals surface area contributed by atoms with E-state index in [2.05, 4.69) is 90.8 Å². The average molecular weight is 345 g/mol. The lowest BCUT2D eigenvalue weighted by atomic mass is 10.0. The van der Waals surface area contributed by atoms with Crippen LogP contribution in [0.3, 0.4) is 0 Å². The van der Waals surface area contributed by atoms with Crippen LogP contribution >= 0.6 is 0 Å². The lowest BCUT2D eigenvalue weighted by Crippen LogP contribution is -2.26. The molecule has 0 amide bonds. The number of benzene rings is 3. The number of hydrogen-bond donors (Lipinski definition) is 0. The predicted octanol–water partition coefficient (Wildman–Crippen LogP) is 4.97. The molecule has 0 saturated heterocycles. The highest BCUT2D eigenvalue weighted by molar-refractivity contribution is 5.29. The van der Waals surface area contributed by atoms with Crippen molar-refractivity contribution in [3.63, 3.8) is 0 Å². The quantitative estimate of drug-likeness (QED) is 0.543. The minimum atomic E-state index is -0.0140. The summed E-state index contributed by atoms with van der Waals surface area (Å²) in [7, 11) is 2.16. The molecule has 0 aromatic heterocycles. The van der Waals surface area contributed by atoms with Crippen molar-refractivity contribution in [2.24, 2.45) is 0 Å². The molecule has 26 heavy (non-hydrogen) atoms. The van der Waals surface area contributed by atoms with Crippen LogP contribution in [0, 0.1) is 0 Å². The highest BCUT2D eigenvalue weighted by Gasteiger charge is 2.14. The Bertz CT molecular complexity index is 703. The Labute approximate surface area is 157 Å². The molecule has 0 radical (unpaired) electrons. The molecule has 3 rings (SSSR count). The maximum atomic E-state index is 6.30. The Balaban J connectivity index is 1.53. The van der Waals surface area contributed by atoms with Crippen molar-refractivity contribution in [3.8, 4) is 0 Å². The van der Waals surface area contributed by atoms with Gasteiger partial charge in [-0.25, -0.2) is 0 Å². The van der Waals surface area contributed by atoms with Gasteiger partial charge in [0, 0.05) is 13.1 Å². The molecular weight excluding hydrogens is 318 g/mol. The molecule has 2 heteroatoms. The van der Waals surface area contributed by atoms with E-state index in [4.69, 9.17) is 4.74 Å². The van der Waals surface area contributed by atoms with Crippen molar-refractivity contribution in [1.29, 1.82) is 0 Å². The fourth-order valence-electron chi connectivity index (χ4n) is 3.04. The van der Waals surface area contributed by atoms with Crippen molar-refractivity contribution < 1.29 is 4.74 Å². The molecule has 0 aliphatic heterocycles. The minimum Gasteiger partial charge on any atom is -0.367 e. The van der Waals surface area contributed by atoms with Crippen molar-refractivity contribution >= 4 is 0 Å². The monoisotopic (exact) mass is 345 g/mol. The molecule has 0 fully saturated rings. The number of likely N-dealkylation sites (N-methyl/N-ethyl adjacent to an activating group) is 1. The standard InChI is InChI=1S/C24H27NO/c1-25(18-17-21-11-5-2-6-12-21)19-20-26-24(22-13-7-3-8-14-22)23-15-9-4-10-16-23/h2-16,24H,17-20H2,1H3. The summed E-state index contributed by atoms with van der Waals surface area (Å²) in [5.41, 5.74) is 3.78. The van der Waals surface area contributed by atoms with Crippen LogP contribution in [-0.4, -0.2) is 31.6 Å². The van der Waals surface area contributed by atoms with Gasteiger partial charge in [-0.3, -0.25) is 0 Å². The van der Waals surface area contributed by atoms with Gasteiger partial charge in [-0.1, -0.05) is 91.0 Å². The first-order valence-electron chi connectivity index (χ1n) is 9.27. The zero-order valence-electron chi connectivity index (χ0n) is 15.4. The third-order valence-corrected chi connectivity index (χ3v) is 4.59. The number of nitrogens with zero attached hydrogens (tertiary/aromatic N) is 1. The summed E-state index contributed by atoms with van der Waals surface area (Å²) in [4.78, 5) is 2.33. The summed E-state index contributed by atoms with van der Waals surface area (Å²) >= 11 is 0. The summed E-state index contributed by atoms with van der Waals surface area (Å²) in [5.74, 6) is 0. The van der Waals surface area contributed by atoms with Crippen LogP contribution in [0.15, 0.2) is 91.0 Å². The number of hydrogen-bond acceptors (Lipinski definition) is 2. The normalized spacial score (nSPS) is 11.2. The largest absolute Gasteiger partial charge is 0.367 e. The molecular formula is C24H27NO. The topological polar surface area (TPSA) is 12.5 Å². The molecule has 3 aromatic carbocycles. The second kappa shape index (κ2) is 9.91. The first-order valence-corrected chi connectivity index (χ1v) is 9.27. The van der Waals surface area contributed by atoms with E-state index in [-0.39, 0.29) is 6.10 Å². The third kappa shape index (κ3) is 5.55. The van der Waals surface area contributed by atoms with E-state index in [1.165, 1.54) is 16.7 Å². The molecule has 0 spiro atoms. The summed E-state index contributed by atoms with van der Waals surface area (Å²) in [5, 5.41) is 0. The van der Waals surface area contributed by atoms with Gasteiger partial charge in [0.2, 0.25) is 0 Å². The van der Waals surface area contributed by atoms with Crippen LogP contribution in [0.2, 0.25) is 0 Å². The van der Waals surface area contributed by atoms with Crippen LogP contribution in [-0.2, 0) is 11.2 Å². The fraction of sp³-hybridized carbons (Fsp3) is 0.250. The predicted molar refractivity (Wildman–Crippen MR) is 108 cm³/mol. The van der Waals surface area contributed by atoms with Gasteiger partial charge in [-0.15, -0.1) is 0 Å². The molecule has 134 valence electrons. The first-order chi connectivity index (χ1) is 12.8. The van der Waals surface area contributed by atoms with Gasteiger partial charge in [0.05, 0.1) is 6.61 Å². The van der Waals surface area contributed by atoms with Crippen molar-refractivity contribution in [3.05, 3.63) is 108 Å². The van der Waals surface area contributed by atoms with E-state index in [9.17, 15) is 0 Å². The molecule has 0 aliphatic carbocycles. The van der Waals surface area contributed by atoms with E-state index < -0.39 is 0 Å². The zero-order chi connectivity index (χ0) is 18.0. The Morgan fingerprint density at radius 1 is 0.692 bits per heavy atom. The van der Waals surface area contributed by atoms with Gasteiger partial charge < -0.3 is 9.64 Å². The highest BCUT2D eigenvalue weighted by Crippen LogP contribution is 2.25. The van der Waals surface area contributed by atoms with Gasteiger partial charge in [0.25, 0.3) is 0 Å². The average Bonchev–Trinajstić information content (AvgIpc) is 2.72. The summed E-state index contributed by atoms with van der Waals surface area (Å²) in [6, 6.07) is 31.5. The van der Waals surface area contributed by atoms with Crippen LogP contribution < -0.4 is 0 Å². The molecule has 0 atom stereocenters. The molecule has 3 aromatic rings. The summed E-state index contributed by atoms with van der Waals surface area (Å²) in [6.07, 6.45) is 1.05. The van der Waals surface area contributed by atoms with E-state index in [1.54, 1.807) is 0 Å². The minimum absolute atomic E-state index is 0.0140. The van der Waals surface area contributed by atoms with Crippen molar-refractivity contribution in [1.82, 2.24) is 4.90 Å². The smallest absolute Gasteiger partial charge is 0.108 e. The number of ether oxygens (including phenoxy) is 1. The molecule has 2 nitrogen and oxygen atoms in total. The van der Waals surface area contributed by atoms with Gasteiger partial charge in [0.15, 0.2) is 0 Å². The Hall–Kier alpha value is -2.42. The molecule has 0 heterocycles. The Kier molecular flexibility index (Phi) is 7.00. The van der Waals surface area contributed by atoms with E-state index in [1.807, 2.05) is 12.1 Å². The van der Waals surface area contributed by atoms with Gasteiger partial charge >= 0.3 is 0 Å². The maximum Gasteiger partial charge on any atom is 0.108 e. The lowest BCUT2D eigenvalue weighted by Gasteiger charge is -2.22. The molecule has 0 aliphatic rings. The highest BCUT2D eigenvalue weighted by atomic mass is 16.5. The summed E-state index contributed by atoms with van der Waals surface area (Å²) < 4.78 is 6.30. The number of rotatable bonds is 9. The van der Waals surface area contributed by atoms with E-state index in [0.29, 0.717) is 6.61 Å². The first kappa shape index (κ1) is 18.4. The summed E-state index contributed by atoms with van der Waals surface area (Å²) in [6.45, 7) is 2.66. The molecule has 0 bridgehead atoms. The Morgan fingerprint density at radius 3 is 1.73 bits per heavy atom. The third-order valence-electron chi connectivity index (χ3n) is 4.59. The van der Waals surface area contributed by atoms with Crippen molar-refractivity contribution in [2.75, 3.05) is 26.7 Å². The van der Waals surface area contributed by atoms with Crippen LogP contribution in [0.25, 0.3) is 0 Å². The molecule has 0 saturated carbocycles. The molecule has 0 N–H and O–H groups in total. The Morgan fingerprint density at radius 2 is 1.19 bits per heavy atom. The fourth-order valence-corrected chi connectivity index (χ4v) is 3.04. The van der Waals surface area contributed by atoms with Gasteiger partial charge in [-0.05, 0) is 30.2 Å². The van der Waals surface area contributed by atoms with E-state index in [0.717, 1.165) is 19.5 Å². The van der Waals surface area contributed by atoms with Gasteiger partial charge in [-0.2, -0.15) is 0 Å². The van der Waals surface area contributed by atoms with E-state index >= 15 is 0 Å². The zero-order valence-corrected chi connectivity index (χ0v) is 15.4. The maximum absolute atomic E-state index is 6.30. The molecule has 0 unspecified atom stereocenters. The van der Waals surface area contributed by atoms with Gasteiger partial charge in [0.1, 0.15) is 6.10 Å². The lowest BCUT2D eigenvalue weighted by molar-refractivity contribution is 0.0649. The second-order valence-corrected chi connectivity index (χ2v) is 6.61. The van der Waals surface area contributed by atoms with Crippen LogP contribution in [0.5, 0.6) is 0 Å². The second-order valence-electron chi connectivity index (χ2n) is 6.61. The SMILES string of the molecule is CN(CCOC(c1ccccc1)c1ccccc1)CCc1ccccc1. The van der Waals surface area contributed by atoms with Crippen LogP contribution in [0.4, 0.5) is 0 Å².